The maximum Gasteiger partial charge on any atom is 0.0369 e. The van der Waals surface area contributed by atoms with Crippen LogP contribution in [0.1, 0.15) is 30.4 Å². The number of nitrogen functional groups attached to an aromatic ring is 1. The zero-order chi connectivity index (χ0) is 13.5. The molecule has 1 heterocycles. The summed E-state index contributed by atoms with van der Waals surface area (Å²) in [5.74, 6) is 0. The van der Waals surface area contributed by atoms with Gasteiger partial charge in [0.15, 0.2) is 0 Å². The number of fused-ring (bicyclic) bond motifs is 3. The predicted octanol–water partition coefficient (Wildman–Crippen LogP) is 3.83. The summed E-state index contributed by atoms with van der Waals surface area (Å²) in [6.07, 6.45) is 5.06. The van der Waals surface area contributed by atoms with Gasteiger partial charge in [-0.05, 0) is 72.2 Å². The average Bonchev–Trinajstić information content (AvgIpc) is 2.84. The molecular weight excluding hydrogens is 244 g/mol. The number of rotatable bonds is 1. The number of benzene rings is 2. The monoisotopic (exact) mass is 264 g/mol. The molecule has 2 aromatic rings. The first-order chi connectivity index (χ1) is 9.81. The van der Waals surface area contributed by atoms with Crippen LogP contribution in [0.25, 0.3) is 11.1 Å². The van der Waals surface area contributed by atoms with E-state index >= 15 is 0 Å². The minimum Gasteiger partial charge on any atom is -0.399 e. The van der Waals surface area contributed by atoms with E-state index in [9.17, 15) is 0 Å². The van der Waals surface area contributed by atoms with E-state index in [4.69, 9.17) is 5.73 Å². The van der Waals surface area contributed by atoms with Crippen molar-refractivity contribution in [3.05, 3.63) is 47.5 Å². The topological polar surface area (TPSA) is 29.3 Å². The highest BCUT2D eigenvalue weighted by Gasteiger charge is 2.20. The summed E-state index contributed by atoms with van der Waals surface area (Å²) in [4.78, 5) is 2.53. The van der Waals surface area contributed by atoms with Gasteiger partial charge in [-0.2, -0.15) is 0 Å². The van der Waals surface area contributed by atoms with Crippen molar-refractivity contribution in [2.45, 2.75) is 25.7 Å². The van der Waals surface area contributed by atoms with E-state index in [0.29, 0.717) is 0 Å². The average molecular weight is 264 g/mol. The summed E-state index contributed by atoms with van der Waals surface area (Å²) in [6, 6.07) is 13.3. The summed E-state index contributed by atoms with van der Waals surface area (Å²) in [5.41, 5.74) is 13.7. The predicted molar refractivity (Wildman–Crippen MR) is 85.2 cm³/mol. The van der Waals surface area contributed by atoms with Crippen molar-refractivity contribution in [2.24, 2.45) is 0 Å². The van der Waals surface area contributed by atoms with Crippen LogP contribution in [0.2, 0.25) is 0 Å². The molecule has 2 N–H and O–H groups in total. The Labute approximate surface area is 120 Å². The number of piperidine rings is 1. The molecule has 2 aliphatic rings. The first-order valence-electron chi connectivity index (χ1n) is 7.58. The Hall–Kier alpha value is -1.96. The number of hydrogen-bond acceptors (Lipinski definition) is 2. The van der Waals surface area contributed by atoms with E-state index < -0.39 is 0 Å². The molecule has 0 spiro atoms. The van der Waals surface area contributed by atoms with Crippen LogP contribution >= 0.6 is 0 Å². The summed E-state index contributed by atoms with van der Waals surface area (Å²) in [5, 5.41) is 0. The fraction of sp³-hybridized carbons (Fsp3) is 0.333. The summed E-state index contributed by atoms with van der Waals surface area (Å²) >= 11 is 0. The number of nitrogens with zero attached hydrogens (tertiary/aromatic N) is 1. The van der Waals surface area contributed by atoms with Gasteiger partial charge in [-0.3, -0.25) is 0 Å². The third-order valence-electron chi connectivity index (χ3n) is 4.61. The molecule has 0 unspecified atom stereocenters. The number of nitrogens with two attached hydrogens (primary N) is 1. The lowest BCUT2D eigenvalue weighted by molar-refractivity contribution is 0.578. The first-order valence-corrected chi connectivity index (χ1v) is 7.58. The van der Waals surface area contributed by atoms with Crippen molar-refractivity contribution in [1.29, 1.82) is 0 Å². The summed E-state index contributed by atoms with van der Waals surface area (Å²) in [6.45, 7) is 2.41. The fourth-order valence-corrected chi connectivity index (χ4v) is 3.57. The Kier molecular flexibility index (Phi) is 2.69. The molecule has 4 rings (SSSR count). The summed E-state index contributed by atoms with van der Waals surface area (Å²) < 4.78 is 0. The highest BCUT2D eigenvalue weighted by atomic mass is 15.1. The smallest absolute Gasteiger partial charge is 0.0369 e. The van der Waals surface area contributed by atoms with Crippen LogP contribution in [-0.2, 0) is 6.42 Å². The van der Waals surface area contributed by atoms with Gasteiger partial charge in [0.25, 0.3) is 0 Å². The third-order valence-corrected chi connectivity index (χ3v) is 4.61. The minimum absolute atomic E-state index is 0.868. The zero-order valence-corrected chi connectivity index (χ0v) is 11.7. The van der Waals surface area contributed by atoms with Gasteiger partial charge in [0.05, 0.1) is 0 Å². The quantitative estimate of drug-likeness (QED) is 0.677. The minimum atomic E-state index is 0.868. The van der Waals surface area contributed by atoms with E-state index in [1.807, 2.05) is 6.07 Å². The van der Waals surface area contributed by atoms with Crippen molar-refractivity contribution < 1.29 is 0 Å². The van der Waals surface area contributed by atoms with Crippen molar-refractivity contribution in [3.8, 4) is 11.1 Å². The lowest BCUT2D eigenvalue weighted by Crippen LogP contribution is -2.29. The van der Waals surface area contributed by atoms with Crippen LogP contribution in [0.3, 0.4) is 0 Å². The molecule has 0 radical (unpaired) electrons. The Morgan fingerprint density at radius 3 is 2.30 bits per heavy atom. The Balaban J connectivity index is 1.70. The molecule has 1 saturated heterocycles. The van der Waals surface area contributed by atoms with Gasteiger partial charge in [0, 0.05) is 24.5 Å². The third kappa shape index (κ3) is 1.87. The van der Waals surface area contributed by atoms with Crippen LogP contribution in [-0.4, -0.2) is 13.1 Å². The lowest BCUT2D eigenvalue weighted by Gasteiger charge is -2.29. The molecule has 2 nitrogen and oxygen atoms in total. The highest BCUT2D eigenvalue weighted by molar-refractivity contribution is 5.80. The van der Waals surface area contributed by atoms with E-state index in [2.05, 4.69) is 35.2 Å². The largest absolute Gasteiger partial charge is 0.399 e. The molecule has 0 saturated carbocycles. The van der Waals surface area contributed by atoms with Gasteiger partial charge in [-0.15, -0.1) is 0 Å². The fourth-order valence-electron chi connectivity index (χ4n) is 3.57. The van der Waals surface area contributed by atoms with Crippen molar-refractivity contribution in [2.75, 3.05) is 23.7 Å². The second-order valence-electron chi connectivity index (χ2n) is 5.98. The lowest BCUT2D eigenvalue weighted by atomic mass is 10.0. The van der Waals surface area contributed by atoms with E-state index in [1.165, 1.54) is 60.3 Å². The molecule has 2 heteroatoms. The zero-order valence-electron chi connectivity index (χ0n) is 11.7. The van der Waals surface area contributed by atoms with Crippen LogP contribution in [0, 0.1) is 0 Å². The molecule has 20 heavy (non-hydrogen) atoms. The van der Waals surface area contributed by atoms with Crippen LogP contribution in [0.4, 0.5) is 11.4 Å². The second kappa shape index (κ2) is 4.55. The van der Waals surface area contributed by atoms with Crippen molar-refractivity contribution in [1.82, 2.24) is 0 Å². The van der Waals surface area contributed by atoms with Gasteiger partial charge >= 0.3 is 0 Å². The van der Waals surface area contributed by atoms with Crippen LogP contribution in [0.5, 0.6) is 0 Å². The summed E-state index contributed by atoms with van der Waals surface area (Å²) in [7, 11) is 0. The van der Waals surface area contributed by atoms with Gasteiger partial charge in [-0.1, -0.05) is 12.1 Å². The normalized spacial score (nSPS) is 16.9. The standard InChI is InChI=1S/C18H20N2/c19-15-4-6-17-13(11-15)10-14-12-16(5-7-18(14)17)20-8-2-1-3-9-20/h4-7,11-12H,1-3,8-10,19H2. The Bertz CT molecular complexity index is 654. The molecule has 102 valence electrons. The van der Waals surface area contributed by atoms with E-state index in [0.717, 1.165) is 12.1 Å². The SMILES string of the molecule is Nc1ccc2c(c1)Cc1cc(N3CCCCC3)ccc1-2. The van der Waals surface area contributed by atoms with Gasteiger partial charge in [0.2, 0.25) is 0 Å². The molecule has 0 bridgehead atoms. The van der Waals surface area contributed by atoms with Crippen LogP contribution in [0.15, 0.2) is 36.4 Å². The van der Waals surface area contributed by atoms with Gasteiger partial charge in [0.1, 0.15) is 0 Å². The first kappa shape index (κ1) is 11.8. The maximum absolute atomic E-state index is 5.90. The highest BCUT2D eigenvalue weighted by Crippen LogP contribution is 2.39. The molecule has 0 amide bonds. The van der Waals surface area contributed by atoms with Crippen molar-refractivity contribution >= 4 is 11.4 Å². The van der Waals surface area contributed by atoms with Gasteiger partial charge < -0.3 is 10.6 Å². The second-order valence-corrected chi connectivity index (χ2v) is 5.98. The molecule has 1 fully saturated rings. The van der Waals surface area contributed by atoms with Crippen molar-refractivity contribution in [3.63, 3.8) is 0 Å². The Morgan fingerprint density at radius 1 is 0.800 bits per heavy atom. The molecule has 1 aliphatic carbocycles. The van der Waals surface area contributed by atoms with E-state index in [1.54, 1.807) is 0 Å². The maximum atomic E-state index is 5.90. The molecule has 1 aliphatic heterocycles. The Morgan fingerprint density at radius 2 is 1.50 bits per heavy atom. The number of anilines is 2. The molecule has 2 aromatic carbocycles. The van der Waals surface area contributed by atoms with Gasteiger partial charge in [-0.25, -0.2) is 0 Å². The molecule has 0 aromatic heterocycles. The molecule has 0 atom stereocenters. The number of hydrogen-bond donors (Lipinski definition) is 1. The molecular formula is C18H20N2. The van der Waals surface area contributed by atoms with E-state index in [-0.39, 0.29) is 0 Å². The van der Waals surface area contributed by atoms with Crippen LogP contribution < -0.4 is 10.6 Å².